The molecule has 1 heterocycles. The van der Waals surface area contributed by atoms with E-state index in [0.717, 1.165) is 21.2 Å². The van der Waals surface area contributed by atoms with Gasteiger partial charge in [-0.1, -0.05) is 24.3 Å². The smallest absolute Gasteiger partial charge is 0.103 e. The normalized spacial score (nSPS) is 10.8. The number of fused-ring (bicyclic) bond motifs is 1. The van der Waals surface area contributed by atoms with Crippen LogP contribution in [0.5, 0.6) is 0 Å². The molecule has 0 radical (unpaired) electrons. The van der Waals surface area contributed by atoms with Crippen LogP contribution < -0.4 is 0 Å². The maximum absolute atomic E-state index is 4.41. The van der Waals surface area contributed by atoms with E-state index in [2.05, 4.69) is 43.7 Å². The Hall–Kier alpha value is -1.61. The molecule has 16 heavy (non-hydrogen) atoms. The maximum Gasteiger partial charge on any atom is 0.103 e. The second-order valence-corrected chi connectivity index (χ2v) is 4.41. The van der Waals surface area contributed by atoms with Gasteiger partial charge < -0.3 is 0 Å². The highest BCUT2D eigenvalue weighted by Gasteiger charge is 2.05. The molecule has 0 N–H and O–H groups in total. The quantitative estimate of drug-likeness (QED) is 0.659. The van der Waals surface area contributed by atoms with Crippen LogP contribution in [0.1, 0.15) is 0 Å². The summed E-state index contributed by atoms with van der Waals surface area (Å²) < 4.78 is 3.11. The van der Waals surface area contributed by atoms with E-state index in [9.17, 15) is 0 Å². The van der Waals surface area contributed by atoms with Gasteiger partial charge in [0.2, 0.25) is 0 Å². The molecule has 2 aromatic carbocycles. The van der Waals surface area contributed by atoms with Crippen molar-refractivity contribution in [2.75, 3.05) is 0 Å². The fourth-order valence-electron chi connectivity index (χ4n) is 1.80. The molecular formula is C13H9BrN2. The summed E-state index contributed by atoms with van der Waals surface area (Å²) in [4.78, 5) is 4.41. The van der Waals surface area contributed by atoms with Crippen molar-refractivity contribution in [3.05, 3.63) is 59.3 Å². The second-order valence-electron chi connectivity index (χ2n) is 3.56. The van der Waals surface area contributed by atoms with E-state index in [1.807, 2.05) is 36.7 Å². The molecule has 0 amide bonds. The molecule has 0 aliphatic heterocycles. The largest absolute Gasteiger partial charge is 0.299 e. The topological polar surface area (TPSA) is 17.8 Å². The van der Waals surface area contributed by atoms with Gasteiger partial charge in [-0.15, -0.1) is 0 Å². The zero-order chi connectivity index (χ0) is 11.0. The lowest BCUT2D eigenvalue weighted by atomic mass is 10.3. The van der Waals surface area contributed by atoms with Gasteiger partial charge in [0.1, 0.15) is 11.8 Å². The number of hydrogen-bond donors (Lipinski definition) is 0. The molecule has 3 aromatic rings. The Balaban J connectivity index is 2.30. The first-order valence-electron chi connectivity index (χ1n) is 5.03. The fraction of sp³-hybridized carbons (Fsp3) is 0. The van der Waals surface area contributed by atoms with Gasteiger partial charge in [0.05, 0.1) is 5.52 Å². The third kappa shape index (κ3) is 1.44. The lowest BCUT2D eigenvalue weighted by Gasteiger charge is -2.03. The molecule has 0 aliphatic rings. The molecular weight excluding hydrogens is 264 g/mol. The molecule has 0 aliphatic carbocycles. The van der Waals surface area contributed by atoms with Crippen LogP contribution in [-0.2, 0) is 0 Å². The Morgan fingerprint density at radius 1 is 0.938 bits per heavy atom. The molecule has 0 saturated carbocycles. The van der Waals surface area contributed by atoms with Crippen LogP contribution in [0.25, 0.3) is 16.7 Å². The van der Waals surface area contributed by atoms with Gasteiger partial charge in [-0.3, -0.25) is 4.57 Å². The zero-order valence-corrected chi connectivity index (χ0v) is 10.1. The van der Waals surface area contributed by atoms with Gasteiger partial charge >= 0.3 is 0 Å². The molecule has 0 spiro atoms. The van der Waals surface area contributed by atoms with Crippen molar-refractivity contribution < 1.29 is 0 Å². The number of benzene rings is 2. The third-order valence-electron chi connectivity index (χ3n) is 2.56. The Bertz CT molecular complexity index is 629. The summed E-state index contributed by atoms with van der Waals surface area (Å²) in [5, 5.41) is 0. The Morgan fingerprint density at radius 3 is 2.56 bits per heavy atom. The fourth-order valence-corrected chi connectivity index (χ4v) is 2.26. The van der Waals surface area contributed by atoms with Crippen LogP contribution in [0.15, 0.2) is 59.3 Å². The minimum atomic E-state index is 0.992. The number of nitrogens with zero attached hydrogens (tertiary/aromatic N) is 2. The Morgan fingerprint density at radius 2 is 1.75 bits per heavy atom. The number of halogens is 1. The first-order chi connectivity index (χ1) is 7.86. The number of aromatic nitrogens is 2. The van der Waals surface area contributed by atoms with E-state index in [1.54, 1.807) is 0 Å². The predicted molar refractivity (Wildman–Crippen MR) is 68.8 cm³/mol. The third-order valence-corrected chi connectivity index (χ3v) is 3.20. The molecule has 0 unspecified atom stereocenters. The van der Waals surface area contributed by atoms with E-state index >= 15 is 0 Å². The summed E-state index contributed by atoms with van der Waals surface area (Å²) >= 11 is 3.51. The highest BCUT2D eigenvalue weighted by Crippen LogP contribution is 2.24. The lowest BCUT2D eigenvalue weighted by molar-refractivity contribution is 1.09. The predicted octanol–water partition coefficient (Wildman–Crippen LogP) is 3.79. The molecule has 0 atom stereocenters. The van der Waals surface area contributed by atoms with E-state index in [0.29, 0.717) is 0 Å². The molecule has 3 heteroatoms. The van der Waals surface area contributed by atoms with Gasteiger partial charge in [-0.25, -0.2) is 4.98 Å². The molecule has 78 valence electrons. The Labute approximate surface area is 102 Å². The van der Waals surface area contributed by atoms with Gasteiger partial charge in [0, 0.05) is 10.2 Å². The van der Waals surface area contributed by atoms with E-state index in [1.165, 1.54) is 0 Å². The first-order valence-corrected chi connectivity index (χ1v) is 5.82. The minimum absolute atomic E-state index is 0.992. The van der Waals surface area contributed by atoms with Crippen molar-refractivity contribution in [2.45, 2.75) is 0 Å². The number of imidazole rings is 1. The van der Waals surface area contributed by atoms with E-state index in [-0.39, 0.29) is 0 Å². The lowest BCUT2D eigenvalue weighted by Crippen LogP contribution is -1.90. The molecule has 0 fully saturated rings. The average molecular weight is 273 g/mol. The summed E-state index contributed by atoms with van der Waals surface area (Å²) in [5.74, 6) is 0. The highest BCUT2D eigenvalue weighted by atomic mass is 79.9. The van der Waals surface area contributed by atoms with Crippen LogP contribution in [0.4, 0.5) is 0 Å². The van der Waals surface area contributed by atoms with E-state index in [4.69, 9.17) is 0 Å². The summed E-state index contributed by atoms with van der Waals surface area (Å²) in [5.41, 5.74) is 3.23. The van der Waals surface area contributed by atoms with Gasteiger partial charge in [-0.2, -0.15) is 0 Å². The number of hydrogen-bond acceptors (Lipinski definition) is 1. The molecule has 1 aromatic heterocycles. The first kappa shape index (κ1) is 9.60. The highest BCUT2D eigenvalue weighted by molar-refractivity contribution is 9.10. The second kappa shape index (κ2) is 3.76. The monoisotopic (exact) mass is 272 g/mol. The standard InChI is InChI=1S/C13H9BrN2/c14-11-7-4-8-12-13(11)15-9-16(12)10-5-2-1-3-6-10/h1-9H. The Kier molecular flexibility index (Phi) is 2.26. The average Bonchev–Trinajstić information content (AvgIpc) is 2.75. The van der Waals surface area contributed by atoms with Crippen LogP contribution >= 0.6 is 15.9 Å². The summed E-state index contributed by atoms with van der Waals surface area (Å²) in [6, 6.07) is 16.3. The zero-order valence-electron chi connectivity index (χ0n) is 8.47. The van der Waals surface area contributed by atoms with Crippen molar-refractivity contribution in [1.29, 1.82) is 0 Å². The van der Waals surface area contributed by atoms with Crippen molar-refractivity contribution in [1.82, 2.24) is 9.55 Å². The van der Waals surface area contributed by atoms with Crippen molar-refractivity contribution in [2.24, 2.45) is 0 Å². The molecule has 3 rings (SSSR count). The van der Waals surface area contributed by atoms with Crippen LogP contribution in [0.3, 0.4) is 0 Å². The van der Waals surface area contributed by atoms with Crippen LogP contribution in [0.2, 0.25) is 0 Å². The van der Waals surface area contributed by atoms with Crippen LogP contribution in [0, 0.1) is 0 Å². The van der Waals surface area contributed by atoms with Crippen molar-refractivity contribution in [3.63, 3.8) is 0 Å². The summed E-state index contributed by atoms with van der Waals surface area (Å²) in [7, 11) is 0. The minimum Gasteiger partial charge on any atom is -0.299 e. The summed E-state index contributed by atoms with van der Waals surface area (Å²) in [6.45, 7) is 0. The molecule has 0 saturated heterocycles. The maximum atomic E-state index is 4.41. The van der Waals surface area contributed by atoms with Crippen LogP contribution in [-0.4, -0.2) is 9.55 Å². The van der Waals surface area contributed by atoms with Gasteiger partial charge in [0.15, 0.2) is 0 Å². The van der Waals surface area contributed by atoms with Crippen molar-refractivity contribution in [3.8, 4) is 5.69 Å². The van der Waals surface area contributed by atoms with E-state index < -0.39 is 0 Å². The van der Waals surface area contributed by atoms with Gasteiger partial charge in [-0.05, 0) is 40.2 Å². The van der Waals surface area contributed by atoms with Crippen molar-refractivity contribution >= 4 is 27.0 Å². The SMILES string of the molecule is Brc1cccc2c1ncn2-c1ccccc1. The summed E-state index contributed by atoms with van der Waals surface area (Å²) in [6.07, 6.45) is 1.85. The number of para-hydroxylation sites is 2. The number of rotatable bonds is 1. The molecule has 0 bridgehead atoms. The molecule has 2 nitrogen and oxygen atoms in total. The van der Waals surface area contributed by atoms with Gasteiger partial charge in [0.25, 0.3) is 0 Å².